The van der Waals surface area contributed by atoms with Crippen molar-refractivity contribution in [3.05, 3.63) is 35.0 Å². The summed E-state index contributed by atoms with van der Waals surface area (Å²) >= 11 is 5.78. The zero-order valence-electron chi connectivity index (χ0n) is 7.16. The van der Waals surface area contributed by atoms with Crippen molar-refractivity contribution in [1.29, 1.82) is 0 Å². The SMILES string of the molecule is O=C(O)Cc1c(Cl)oc2ccccc12. The van der Waals surface area contributed by atoms with Gasteiger partial charge in [-0.05, 0) is 17.7 Å². The molecule has 0 aliphatic rings. The highest BCUT2D eigenvalue weighted by Crippen LogP contribution is 2.29. The molecule has 0 saturated heterocycles. The van der Waals surface area contributed by atoms with Crippen LogP contribution in [0, 0.1) is 0 Å². The summed E-state index contributed by atoms with van der Waals surface area (Å²) in [6.07, 6.45) is -0.115. The summed E-state index contributed by atoms with van der Waals surface area (Å²) in [5.41, 5.74) is 1.16. The van der Waals surface area contributed by atoms with E-state index in [1.807, 2.05) is 12.1 Å². The van der Waals surface area contributed by atoms with Gasteiger partial charge in [0.05, 0.1) is 6.42 Å². The molecule has 2 rings (SSSR count). The number of carboxylic acid groups (broad SMARTS) is 1. The second-order valence-corrected chi connectivity index (χ2v) is 3.26. The number of carboxylic acids is 1. The molecule has 14 heavy (non-hydrogen) atoms. The van der Waals surface area contributed by atoms with Crippen LogP contribution in [0.3, 0.4) is 0 Å². The van der Waals surface area contributed by atoms with Crippen molar-refractivity contribution in [3.8, 4) is 0 Å². The minimum atomic E-state index is -0.918. The van der Waals surface area contributed by atoms with E-state index in [2.05, 4.69) is 0 Å². The van der Waals surface area contributed by atoms with Crippen LogP contribution in [0.2, 0.25) is 5.22 Å². The third kappa shape index (κ3) is 1.46. The zero-order chi connectivity index (χ0) is 10.1. The molecule has 0 atom stereocenters. The Morgan fingerprint density at radius 2 is 2.14 bits per heavy atom. The average molecular weight is 211 g/mol. The Morgan fingerprint density at radius 1 is 1.43 bits per heavy atom. The maximum absolute atomic E-state index is 10.6. The van der Waals surface area contributed by atoms with Crippen LogP contribution in [-0.2, 0) is 11.2 Å². The molecule has 0 radical (unpaired) electrons. The molecule has 1 aromatic carbocycles. The van der Waals surface area contributed by atoms with Gasteiger partial charge in [-0.25, -0.2) is 0 Å². The van der Waals surface area contributed by atoms with Crippen molar-refractivity contribution >= 4 is 28.5 Å². The van der Waals surface area contributed by atoms with E-state index in [1.165, 1.54) is 0 Å². The molecule has 1 heterocycles. The number of aliphatic carboxylic acids is 1. The molecule has 2 aromatic rings. The highest BCUT2D eigenvalue weighted by atomic mass is 35.5. The summed E-state index contributed by atoms with van der Waals surface area (Å²) in [5.74, 6) is -0.918. The lowest BCUT2D eigenvalue weighted by Gasteiger charge is -1.92. The normalized spacial score (nSPS) is 10.6. The average Bonchev–Trinajstić information content (AvgIpc) is 2.43. The number of carbonyl (C=O) groups is 1. The third-order valence-electron chi connectivity index (χ3n) is 1.98. The molecule has 4 heteroatoms. The fraction of sp³-hybridized carbons (Fsp3) is 0.100. The third-order valence-corrected chi connectivity index (χ3v) is 2.28. The Bertz CT molecular complexity index is 487. The van der Waals surface area contributed by atoms with Crippen molar-refractivity contribution in [3.63, 3.8) is 0 Å². The molecule has 72 valence electrons. The summed E-state index contributed by atoms with van der Waals surface area (Å²) in [7, 11) is 0. The number of halogens is 1. The smallest absolute Gasteiger partial charge is 0.308 e. The van der Waals surface area contributed by atoms with Gasteiger partial charge in [0.2, 0.25) is 0 Å². The predicted molar refractivity (Wildman–Crippen MR) is 52.6 cm³/mol. The molecule has 0 spiro atoms. The second-order valence-electron chi connectivity index (χ2n) is 2.92. The molecule has 0 unspecified atom stereocenters. The minimum Gasteiger partial charge on any atom is -0.481 e. The molecule has 1 N–H and O–H groups in total. The number of hydrogen-bond acceptors (Lipinski definition) is 2. The monoisotopic (exact) mass is 210 g/mol. The molecule has 0 aliphatic carbocycles. The molecule has 0 saturated carbocycles. The molecule has 0 aliphatic heterocycles. The fourth-order valence-corrected chi connectivity index (χ4v) is 1.64. The maximum Gasteiger partial charge on any atom is 0.308 e. The van der Waals surface area contributed by atoms with Crippen molar-refractivity contribution in [1.82, 2.24) is 0 Å². The second kappa shape index (κ2) is 3.35. The largest absolute Gasteiger partial charge is 0.481 e. The van der Waals surface area contributed by atoms with E-state index < -0.39 is 5.97 Å². The number of para-hydroxylation sites is 1. The molecular weight excluding hydrogens is 204 g/mol. The molecule has 0 bridgehead atoms. The Morgan fingerprint density at radius 3 is 2.86 bits per heavy atom. The molecule has 3 nitrogen and oxygen atoms in total. The van der Waals surface area contributed by atoms with Crippen LogP contribution in [0.1, 0.15) is 5.56 Å². The van der Waals surface area contributed by atoms with Gasteiger partial charge in [-0.15, -0.1) is 0 Å². The van der Waals surface area contributed by atoms with Crippen LogP contribution in [-0.4, -0.2) is 11.1 Å². The first kappa shape index (κ1) is 9.09. The molecular formula is C10H7ClO3. The van der Waals surface area contributed by atoms with E-state index >= 15 is 0 Å². The summed E-state index contributed by atoms with van der Waals surface area (Å²) < 4.78 is 5.20. The topological polar surface area (TPSA) is 50.4 Å². The van der Waals surface area contributed by atoms with E-state index in [1.54, 1.807) is 12.1 Å². The van der Waals surface area contributed by atoms with E-state index in [9.17, 15) is 4.79 Å². The maximum atomic E-state index is 10.6. The van der Waals surface area contributed by atoms with Crippen molar-refractivity contribution < 1.29 is 14.3 Å². The molecule has 1 aromatic heterocycles. The van der Waals surface area contributed by atoms with Crippen LogP contribution in [0.5, 0.6) is 0 Å². The number of benzene rings is 1. The van der Waals surface area contributed by atoms with Crippen LogP contribution in [0.25, 0.3) is 11.0 Å². The van der Waals surface area contributed by atoms with Crippen LogP contribution in [0.4, 0.5) is 0 Å². The van der Waals surface area contributed by atoms with Gasteiger partial charge in [0.25, 0.3) is 0 Å². The number of hydrogen-bond donors (Lipinski definition) is 1. The van der Waals surface area contributed by atoms with Gasteiger partial charge >= 0.3 is 5.97 Å². The summed E-state index contributed by atoms with van der Waals surface area (Å²) in [6, 6.07) is 7.18. The van der Waals surface area contributed by atoms with Gasteiger partial charge in [-0.1, -0.05) is 18.2 Å². The number of fused-ring (bicyclic) bond motifs is 1. The van der Waals surface area contributed by atoms with E-state index in [-0.39, 0.29) is 11.6 Å². The fourth-order valence-electron chi connectivity index (χ4n) is 1.38. The summed E-state index contributed by atoms with van der Waals surface area (Å²) in [4.78, 5) is 10.6. The number of furan rings is 1. The van der Waals surface area contributed by atoms with Crippen molar-refractivity contribution in [2.75, 3.05) is 0 Å². The Hall–Kier alpha value is -1.48. The summed E-state index contributed by atoms with van der Waals surface area (Å²) in [5, 5.41) is 9.59. The first-order chi connectivity index (χ1) is 6.68. The van der Waals surface area contributed by atoms with Gasteiger partial charge in [0.1, 0.15) is 5.58 Å². The lowest BCUT2D eigenvalue weighted by atomic mass is 10.1. The van der Waals surface area contributed by atoms with Gasteiger partial charge in [-0.2, -0.15) is 0 Å². The standard InChI is InChI=1S/C10H7ClO3/c11-10-7(5-9(12)13)6-3-1-2-4-8(6)14-10/h1-4H,5H2,(H,12,13). The first-order valence-corrected chi connectivity index (χ1v) is 4.44. The summed E-state index contributed by atoms with van der Waals surface area (Å²) in [6.45, 7) is 0. The van der Waals surface area contributed by atoms with Crippen molar-refractivity contribution in [2.45, 2.75) is 6.42 Å². The van der Waals surface area contributed by atoms with Crippen LogP contribution in [0.15, 0.2) is 28.7 Å². The molecule has 0 fully saturated rings. The highest BCUT2D eigenvalue weighted by Gasteiger charge is 2.14. The van der Waals surface area contributed by atoms with Gasteiger partial charge in [0.15, 0.2) is 5.22 Å². The Balaban J connectivity index is 2.62. The van der Waals surface area contributed by atoms with E-state index in [0.717, 1.165) is 5.39 Å². The van der Waals surface area contributed by atoms with Crippen molar-refractivity contribution in [2.24, 2.45) is 0 Å². The Labute approximate surface area is 84.9 Å². The van der Waals surface area contributed by atoms with Gasteiger partial charge in [0, 0.05) is 10.9 Å². The first-order valence-electron chi connectivity index (χ1n) is 4.06. The number of rotatable bonds is 2. The van der Waals surface area contributed by atoms with Crippen LogP contribution >= 0.6 is 11.6 Å². The lowest BCUT2D eigenvalue weighted by Crippen LogP contribution is -1.99. The predicted octanol–water partition coefficient (Wildman–Crippen LogP) is 2.71. The quantitative estimate of drug-likeness (QED) is 0.829. The molecule has 0 amide bonds. The van der Waals surface area contributed by atoms with E-state index in [0.29, 0.717) is 11.1 Å². The Kier molecular flexibility index (Phi) is 2.17. The van der Waals surface area contributed by atoms with E-state index in [4.69, 9.17) is 21.1 Å². The highest BCUT2D eigenvalue weighted by molar-refractivity contribution is 6.31. The lowest BCUT2D eigenvalue weighted by molar-refractivity contribution is -0.136. The van der Waals surface area contributed by atoms with Crippen LogP contribution < -0.4 is 0 Å². The van der Waals surface area contributed by atoms with Gasteiger partial charge in [-0.3, -0.25) is 4.79 Å². The van der Waals surface area contributed by atoms with Gasteiger partial charge < -0.3 is 9.52 Å². The zero-order valence-corrected chi connectivity index (χ0v) is 7.91. The minimum absolute atomic E-state index is 0.115.